The van der Waals surface area contributed by atoms with E-state index in [0.29, 0.717) is 37.0 Å². The summed E-state index contributed by atoms with van der Waals surface area (Å²) in [5, 5.41) is 2.04. The number of thiophene rings is 1. The number of morpholine rings is 1. The lowest BCUT2D eigenvalue weighted by atomic mass is 10.2. The fourth-order valence-electron chi connectivity index (χ4n) is 3.14. The van der Waals surface area contributed by atoms with Crippen LogP contribution in [0.3, 0.4) is 0 Å². The molecule has 1 aliphatic heterocycles. The first kappa shape index (κ1) is 19.8. The van der Waals surface area contributed by atoms with Gasteiger partial charge in [-0.3, -0.25) is 0 Å². The van der Waals surface area contributed by atoms with E-state index in [1.165, 1.54) is 14.7 Å². The van der Waals surface area contributed by atoms with Gasteiger partial charge in [0.05, 0.1) is 18.1 Å². The zero-order chi connectivity index (χ0) is 19.7. The van der Waals surface area contributed by atoms with Crippen LogP contribution < -0.4 is 0 Å². The standard InChI is InChI=1S/C19H21N3O3S3/c1-13-14(2)27-19-17(13)18(20-12-21-19)26-11-15-4-3-5-16(10-15)28(23,24)22-6-8-25-9-7-22/h3-5,10,12H,6-9,11H2,1-2H3. The van der Waals surface area contributed by atoms with Gasteiger partial charge in [0, 0.05) is 29.1 Å². The SMILES string of the molecule is Cc1sc2ncnc(SCc3cccc(S(=O)(=O)N4CCOCC4)c3)c2c1C. The maximum absolute atomic E-state index is 12.9. The molecule has 1 saturated heterocycles. The van der Waals surface area contributed by atoms with E-state index in [2.05, 4.69) is 23.8 Å². The van der Waals surface area contributed by atoms with Crippen molar-refractivity contribution in [2.24, 2.45) is 0 Å². The van der Waals surface area contributed by atoms with E-state index >= 15 is 0 Å². The smallest absolute Gasteiger partial charge is 0.243 e. The maximum Gasteiger partial charge on any atom is 0.243 e. The summed E-state index contributed by atoms with van der Waals surface area (Å²) in [6.45, 7) is 5.87. The Morgan fingerprint density at radius 3 is 2.79 bits per heavy atom. The van der Waals surface area contributed by atoms with Crippen molar-refractivity contribution in [1.29, 1.82) is 0 Å². The number of fused-ring (bicyclic) bond motifs is 1. The minimum absolute atomic E-state index is 0.336. The molecular weight excluding hydrogens is 414 g/mol. The van der Waals surface area contributed by atoms with Crippen LogP contribution in [0.5, 0.6) is 0 Å². The molecule has 1 fully saturated rings. The Morgan fingerprint density at radius 1 is 1.21 bits per heavy atom. The third-order valence-corrected chi connectivity index (χ3v) is 8.88. The first-order valence-corrected chi connectivity index (χ1v) is 12.2. The van der Waals surface area contributed by atoms with E-state index in [0.717, 1.165) is 20.8 Å². The number of hydrogen-bond donors (Lipinski definition) is 0. The van der Waals surface area contributed by atoms with Crippen molar-refractivity contribution in [2.45, 2.75) is 29.5 Å². The highest BCUT2D eigenvalue weighted by Gasteiger charge is 2.26. The van der Waals surface area contributed by atoms with Gasteiger partial charge < -0.3 is 4.74 Å². The van der Waals surface area contributed by atoms with Gasteiger partial charge >= 0.3 is 0 Å². The largest absolute Gasteiger partial charge is 0.379 e. The molecule has 0 spiro atoms. The van der Waals surface area contributed by atoms with Crippen molar-refractivity contribution in [3.63, 3.8) is 0 Å². The van der Waals surface area contributed by atoms with Gasteiger partial charge in [-0.25, -0.2) is 18.4 Å². The van der Waals surface area contributed by atoms with Crippen LogP contribution in [0, 0.1) is 13.8 Å². The minimum atomic E-state index is -3.49. The van der Waals surface area contributed by atoms with Gasteiger partial charge in [-0.2, -0.15) is 4.31 Å². The monoisotopic (exact) mass is 435 g/mol. The second kappa shape index (κ2) is 8.08. The molecular formula is C19H21N3O3S3. The van der Waals surface area contributed by atoms with E-state index in [1.54, 1.807) is 47.6 Å². The molecule has 0 radical (unpaired) electrons. The molecule has 3 heterocycles. The van der Waals surface area contributed by atoms with Crippen LogP contribution in [0.15, 0.2) is 40.5 Å². The average Bonchev–Trinajstić information content (AvgIpc) is 3.01. The van der Waals surface area contributed by atoms with Gasteiger partial charge in [0.2, 0.25) is 10.0 Å². The zero-order valence-corrected chi connectivity index (χ0v) is 18.2. The topological polar surface area (TPSA) is 72.4 Å². The Bertz CT molecular complexity index is 1110. The third-order valence-electron chi connectivity index (χ3n) is 4.81. The van der Waals surface area contributed by atoms with E-state index < -0.39 is 10.0 Å². The van der Waals surface area contributed by atoms with Crippen molar-refractivity contribution in [3.05, 3.63) is 46.6 Å². The van der Waals surface area contributed by atoms with Crippen LogP contribution in [-0.4, -0.2) is 49.0 Å². The molecule has 0 N–H and O–H groups in total. The summed E-state index contributed by atoms with van der Waals surface area (Å²) in [7, 11) is -3.49. The Labute approximate surface area is 173 Å². The predicted molar refractivity (Wildman–Crippen MR) is 112 cm³/mol. The summed E-state index contributed by atoms with van der Waals surface area (Å²) in [4.78, 5) is 11.4. The Hall–Kier alpha value is -1.52. The van der Waals surface area contributed by atoms with Crippen LogP contribution in [0.25, 0.3) is 10.2 Å². The summed E-state index contributed by atoms with van der Waals surface area (Å²) in [5.41, 5.74) is 2.17. The number of sulfonamides is 1. The van der Waals surface area contributed by atoms with Crippen LogP contribution in [0.1, 0.15) is 16.0 Å². The van der Waals surface area contributed by atoms with Gasteiger partial charge in [0.1, 0.15) is 16.2 Å². The number of nitrogens with zero attached hydrogens (tertiary/aromatic N) is 3. The molecule has 0 unspecified atom stereocenters. The summed E-state index contributed by atoms with van der Waals surface area (Å²) in [5.74, 6) is 0.646. The van der Waals surface area contributed by atoms with Gasteiger partial charge in [0.25, 0.3) is 0 Å². The highest BCUT2D eigenvalue weighted by atomic mass is 32.2. The second-order valence-corrected chi connectivity index (χ2v) is 10.7. The average molecular weight is 436 g/mol. The molecule has 9 heteroatoms. The first-order valence-electron chi connectivity index (χ1n) is 8.97. The number of aromatic nitrogens is 2. The number of rotatable bonds is 5. The quantitative estimate of drug-likeness (QED) is 0.450. The predicted octanol–water partition coefficient (Wildman–Crippen LogP) is 3.62. The number of benzene rings is 1. The van der Waals surface area contributed by atoms with Crippen LogP contribution in [0.4, 0.5) is 0 Å². The summed E-state index contributed by atoms with van der Waals surface area (Å²) >= 11 is 3.29. The third kappa shape index (κ3) is 3.81. The maximum atomic E-state index is 12.9. The van der Waals surface area contributed by atoms with Crippen molar-refractivity contribution >= 4 is 43.3 Å². The molecule has 0 atom stereocenters. The van der Waals surface area contributed by atoms with Crippen LogP contribution in [-0.2, 0) is 20.5 Å². The molecule has 3 aromatic rings. The van der Waals surface area contributed by atoms with Crippen LogP contribution in [0.2, 0.25) is 0 Å². The lowest BCUT2D eigenvalue weighted by Gasteiger charge is -2.26. The molecule has 0 aliphatic carbocycles. The van der Waals surface area contributed by atoms with Gasteiger partial charge in [-0.05, 0) is 37.1 Å². The molecule has 148 valence electrons. The summed E-state index contributed by atoms with van der Waals surface area (Å²) in [6, 6.07) is 7.18. The van der Waals surface area contributed by atoms with E-state index in [-0.39, 0.29) is 0 Å². The number of ether oxygens (including phenoxy) is 1. The Balaban J connectivity index is 1.56. The number of aryl methyl sites for hydroxylation is 2. The van der Waals surface area contributed by atoms with Gasteiger partial charge in [0.15, 0.2) is 0 Å². The molecule has 1 aromatic carbocycles. The van der Waals surface area contributed by atoms with Crippen molar-refractivity contribution in [1.82, 2.24) is 14.3 Å². The summed E-state index contributed by atoms with van der Waals surface area (Å²) < 4.78 is 32.5. The lowest BCUT2D eigenvalue weighted by Crippen LogP contribution is -2.40. The molecule has 1 aliphatic rings. The van der Waals surface area contributed by atoms with Gasteiger partial charge in [-0.1, -0.05) is 12.1 Å². The van der Waals surface area contributed by atoms with Crippen molar-refractivity contribution in [2.75, 3.05) is 26.3 Å². The molecule has 0 amide bonds. The fourth-order valence-corrected chi connectivity index (χ4v) is 6.68. The highest BCUT2D eigenvalue weighted by Crippen LogP contribution is 2.35. The summed E-state index contributed by atoms with van der Waals surface area (Å²) in [6.07, 6.45) is 1.60. The molecule has 4 rings (SSSR count). The Morgan fingerprint density at radius 2 is 2.00 bits per heavy atom. The number of thioether (sulfide) groups is 1. The van der Waals surface area contributed by atoms with Crippen LogP contribution >= 0.6 is 23.1 Å². The normalized spacial score (nSPS) is 15.9. The van der Waals surface area contributed by atoms with Crippen molar-refractivity contribution < 1.29 is 13.2 Å². The van der Waals surface area contributed by atoms with E-state index in [4.69, 9.17) is 4.74 Å². The molecule has 2 aromatic heterocycles. The molecule has 0 bridgehead atoms. The highest BCUT2D eigenvalue weighted by molar-refractivity contribution is 7.98. The second-order valence-electron chi connectivity index (χ2n) is 6.59. The Kier molecular flexibility index (Phi) is 5.71. The van der Waals surface area contributed by atoms with E-state index in [9.17, 15) is 8.42 Å². The fraction of sp³-hybridized carbons (Fsp3) is 0.368. The minimum Gasteiger partial charge on any atom is -0.379 e. The molecule has 28 heavy (non-hydrogen) atoms. The molecule has 0 saturated carbocycles. The zero-order valence-electron chi connectivity index (χ0n) is 15.7. The van der Waals surface area contributed by atoms with Crippen molar-refractivity contribution in [3.8, 4) is 0 Å². The molecule has 6 nitrogen and oxygen atoms in total. The van der Waals surface area contributed by atoms with Gasteiger partial charge in [-0.15, -0.1) is 23.1 Å². The number of hydrogen-bond acceptors (Lipinski definition) is 7. The first-order chi connectivity index (χ1) is 13.5. The van der Waals surface area contributed by atoms with E-state index in [1.807, 2.05) is 6.07 Å². The lowest BCUT2D eigenvalue weighted by molar-refractivity contribution is 0.0730.